The van der Waals surface area contributed by atoms with E-state index in [2.05, 4.69) is 4.98 Å². The van der Waals surface area contributed by atoms with Crippen molar-refractivity contribution in [2.45, 2.75) is 13.3 Å². The Bertz CT molecular complexity index is 437. The fourth-order valence-electron chi connectivity index (χ4n) is 1.48. The van der Waals surface area contributed by atoms with Crippen LogP contribution >= 0.6 is 0 Å². The van der Waals surface area contributed by atoms with E-state index in [4.69, 9.17) is 0 Å². The average Bonchev–Trinajstić information content (AvgIpc) is 2.17. The van der Waals surface area contributed by atoms with Crippen molar-refractivity contribution < 1.29 is 4.39 Å². The summed E-state index contributed by atoms with van der Waals surface area (Å²) in [5.41, 5.74) is 0.956. The van der Waals surface area contributed by atoms with E-state index in [1.54, 1.807) is 18.3 Å². The molecule has 2 rings (SSSR count). The third-order valence-corrected chi connectivity index (χ3v) is 2.15. The molecule has 0 bridgehead atoms. The van der Waals surface area contributed by atoms with Crippen molar-refractivity contribution in [2.75, 3.05) is 0 Å². The van der Waals surface area contributed by atoms with Crippen molar-refractivity contribution in [1.29, 1.82) is 0 Å². The monoisotopic (exact) mass is 175 g/mol. The lowest BCUT2D eigenvalue weighted by molar-refractivity contribution is 0.629. The number of hydrogen-bond acceptors (Lipinski definition) is 1. The maximum atomic E-state index is 12.9. The molecule has 0 amide bonds. The van der Waals surface area contributed by atoms with Crippen LogP contribution in [0, 0.1) is 5.82 Å². The van der Waals surface area contributed by atoms with Gasteiger partial charge in [0, 0.05) is 17.3 Å². The first-order chi connectivity index (χ1) is 6.31. The molecule has 1 aromatic carbocycles. The molecule has 0 N–H and O–H groups in total. The van der Waals surface area contributed by atoms with E-state index in [1.807, 2.05) is 13.0 Å². The molecule has 0 radical (unpaired) electrons. The highest BCUT2D eigenvalue weighted by atomic mass is 19.1. The van der Waals surface area contributed by atoms with E-state index in [0.717, 1.165) is 22.9 Å². The van der Waals surface area contributed by atoms with Crippen LogP contribution in [0.5, 0.6) is 0 Å². The molecular weight excluding hydrogens is 165 g/mol. The predicted octanol–water partition coefficient (Wildman–Crippen LogP) is 2.94. The van der Waals surface area contributed by atoms with Gasteiger partial charge >= 0.3 is 0 Å². The first kappa shape index (κ1) is 8.17. The number of pyridine rings is 1. The van der Waals surface area contributed by atoms with Gasteiger partial charge in [-0.25, -0.2) is 4.39 Å². The lowest BCUT2D eigenvalue weighted by atomic mass is 10.1. The molecule has 1 aromatic heterocycles. The number of aryl methyl sites for hydroxylation is 1. The molecule has 0 aliphatic rings. The van der Waals surface area contributed by atoms with Gasteiger partial charge in [-0.05, 0) is 30.0 Å². The highest BCUT2D eigenvalue weighted by Crippen LogP contribution is 2.18. The molecule has 0 fully saturated rings. The lowest BCUT2D eigenvalue weighted by Gasteiger charge is -2.02. The van der Waals surface area contributed by atoms with Gasteiger partial charge in [0.15, 0.2) is 0 Å². The summed E-state index contributed by atoms with van der Waals surface area (Å²) < 4.78 is 12.9. The minimum absolute atomic E-state index is 0.199. The summed E-state index contributed by atoms with van der Waals surface area (Å²) in [6.07, 6.45) is 2.60. The third kappa shape index (κ3) is 1.39. The van der Waals surface area contributed by atoms with Crippen molar-refractivity contribution in [1.82, 2.24) is 4.98 Å². The van der Waals surface area contributed by atoms with E-state index >= 15 is 0 Å². The lowest BCUT2D eigenvalue weighted by Crippen LogP contribution is -1.88. The SMILES string of the molecule is CCc1nccc2ccc(F)cc12. The number of hydrogen-bond donors (Lipinski definition) is 0. The average molecular weight is 175 g/mol. The number of rotatable bonds is 1. The Morgan fingerprint density at radius 3 is 2.92 bits per heavy atom. The van der Waals surface area contributed by atoms with Crippen molar-refractivity contribution in [2.24, 2.45) is 0 Å². The molecular formula is C11H10FN. The summed E-state index contributed by atoms with van der Waals surface area (Å²) in [7, 11) is 0. The second-order valence-corrected chi connectivity index (χ2v) is 2.98. The van der Waals surface area contributed by atoms with Gasteiger partial charge in [0.25, 0.3) is 0 Å². The molecule has 0 atom stereocenters. The van der Waals surface area contributed by atoms with Crippen molar-refractivity contribution >= 4 is 10.8 Å². The second-order valence-electron chi connectivity index (χ2n) is 2.98. The molecule has 0 aliphatic heterocycles. The van der Waals surface area contributed by atoms with Crippen molar-refractivity contribution in [3.63, 3.8) is 0 Å². The standard InChI is InChI=1S/C11H10FN/c1-2-11-10-7-9(12)4-3-8(10)5-6-13-11/h3-7H,2H2,1H3. The van der Waals surface area contributed by atoms with Crippen LogP contribution in [0.2, 0.25) is 0 Å². The molecule has 0 aliphatic carbocycles. The minimum Gasteiger partial charge on any atom is -0.261 e. The highest BCUT2D eigenvalue weighted by molar-refractivity contribution is 5.84. The molecule has 66 valence electrons. The van der Waals surface area contributed by atoms with Crippen LogP contribution in [0.25, 0.3) is 10.8 Å². The van der Waals surface area contributed by atoms with Crippen LogP contribution in [0.4, 0.5) is 4.39 Å². The van der Waals surface area contributed by atoms with Crippen LogP contribution in [0.1, 0.15) is 12.6 Å². The minimum atomic E-state index is -0.199. The van der Waals surface area contributed by atoms with Gasteiger partial charge in [-0.2, -0.15) is 0 Å². The normalized spacial score (nSPS) is 10.6. The van der Waals surface area contributed by atoms with Crippen LogP contribution < -0.4 is 0 Å². The van der Waals surface area contributed by atoms with Gasteiger partial charge in [0.05, 0.1) is 0 Å². The number of nitrogens with zero attached hydrogens (tertiary/aromatic N) is 1. The van der Waals surface area contributed by atoms with Crippen LogP contribution in [-0.4, -0.2) is 4.98 Å². The van der Waals surface area contributed by atoms with E-state index in [9.17, 15) is 4.39 Å². The van der Waals surface area contributed by atoms with Crippen LogP contribution in [0.3, 0.4) is 0 Å². The summed E-state index contributed by atoms with van der Waals surface area (Å²) in [6.45, 7) is 2.02. The molecule has 0 spiro atoms. The Hall–Kier alpha value is -1.44. The van der Waals surface area contributed by atoms with Gasteiger partial charge in [-0.3, -0.25) is 4.98 Å². The predicted molar refractivity (Wildman–Crippen MR) is 51.1 cm³/mol. The Labute approximate surface area is 76.2 Å². The van der Waals surface area contributed by atoms with Crippen LogP contribution in [0.15, 0.2) is 30.5 Å². The number of benzene rings is 1. The largest absolute Gasteiger partial charge is 0.261 e. The molecule has 2 aromatic rings. The third-order valence-electron chi connectivity index (χ3n) is 2.15. The summed E-state index contributed by atoms with van der Waals surface area (Å²) in [5, 5.41) is 1.97. The molecule has 1 nitrogen and oxygen atoms in total. The van der Waals surface area contributed by atoms with E-state index < -0.39 is 0 Å². The topological polar surface area (TPSA) is 12.9 Å². The number of aromatic nitrogens is 1. The van der Waals surface area contributed by atoms with Gasteiger partial charge in [0.1, 0.15) is 5.82 Å². The molecule has 0 unspecified atom stereocenters. The first-order valence-corrected chi connectivity index (χ1v) is 4.34. The quantitative estimate of drug-likeness (QED) is 0.649. The Morgan fingerprint density at radius 2 is 2.15 bits per heavy atom. The van der Waals surface area contributed by atoms with E-state index in [-0.39, 0.29) is 5.82 Å². The van der Waals surface area contributed by atoms with Crippen molar-refractivity contribution in [3.05, 3.63) is 42.0 Å². The Morgan fingerprint density at radius 1 is 1.31 bits per heavy atom. The van der Waals surface area contributed by atoms with Crippen LogP contribution in [-0.2, 0) is 6.42 Å². The molecule has 13 heavy (non-hydrogen) atoms. The summed E-state index contributed by atoms with van der Waals surface area (Å²) in [5.74, 6) is -0.199. The Kier molecular flexibility index (Phi) is 1.97. The Balaban J connectivity index is 2.79. The van der Waals surface area contributed by atoms with E-state index in [1.165, 1.54) is 6.07 Å². The maximum absolute atomic E-state index is 12.9. The number of fused-ring (bicyclic) bond motifs is 1. The van der Waals surface area contributed by atoms with Gasteiger partial charge in [0.2, 0.25) is 0 Å². The van der Waals surface area contributed by atoms with Gasteiger partial charge in [-0.15, -0.1) is 0 Å². The zero-order valence-electron chi connectivity index (χ0n) is 7.42. The smallest absolute Gasteiger partial charge is 0.123 e. The molecule has 1 heterocycles. The number of halogens is 1. The first-order valence-electron chi connectivity index (χ1n) is 4.34. The highest BCUT2D eigenvalue weighted by Gasteiger charge is 2.00. The van der Waals surface area contributed by atoms with Crippen molar-refractivity contribution in [3.8, 4) is 0 Å². The molecule has 0 saturated carbocycles. The van der Waals surface area contributed by atoms with E-state index in [0.29, 0.717) is 0 Å². The zero-order valence-corrected chi connectivity index (χ0v) is 7.42. The maximum Gasteiger partial charge on any atom is 0.123 e. The van der Waals surface area contributed by atoms with Gasteiger partial charge < -0.3 is 0 Å². The zero-order chi connectivity index (χ0) is 9.26. The summed E-state index contributed by atoms with van der Waals surface area (Å²) >= 11 is 0. The fourth-order valence-corrected chi connectivity index (χ4v) is 1.48. The summed E-state index contributed by atoms with van der Waals surface area (Å²) in [6, 6.07) is 6.70. The second kappa shape index (κ2) is 3.13. The van der Waals surface area contributed by atoms with Gasteiger partial charge in [-0.1, -0.05) is 13.0 Å². The molecule has 0 saturated heterocycles. The molecule has 2 heteroatoms. The fraction of sp³-hybridized carbons (Fsp3) is 0.182. The summed E-state index contributed by atoms with van der Waals surface area (Å²) in [4.78, 5) is 4.20.